The second-order valence-electron chi connectivity index (χ2n) is 4.81. The molecule has 1 aliphatic rings. The zero-order valence-electron chi connectivity index (χ0n) is 11.7. The van der Waals surface area contributed by atoms with Gasteiger partial charge in [0.25, 0.3) is 5.91 Å². The van der Waals surface area contributed by atoms with Crippen LogP contribution >= 0.6 is 0 Å². The average Bonchev–Trinajstić information content (AvgIpc) is 2.86. The van der Waals surface area contributed by atoms with Gasteiger partial charge in [-0.1, -0.05) is 0 Å². The maximum atomic E-state index is 11.9. The standard InChI is InChI=1S/C12H19N5O3/c1-8-13-11(16-15-8)12(19)14-9-3-5-17(6-4-9)10(18)7-20-2/h9H,3-7H2,1-2H3,(H,14,19)(H,13,15,16). The summed E-state index contributed by atoms with van der Waals surface area (Å²) in [4.78, 5) is 29.3. The molecule has 0 bridgehead atoms. The van der Waals surface area contributed by atoms with E-state index in [0.29, 0.717) is 18.9 Å². The van der Waals surface area contributed by atoms with Crippen LogP contribution in [-0.2, 0) is 9.53 Å². The third kappa shape index (κ3) is 3.53. The molecule has 2 rings (SSSR count). The molecular weight excluding hydrogens is 262 g/mol. The van der Waals surface area contributed by atoms with Crippen LogP contribution in [0.2, 0.25) is 0 Å². The Morgan fingerprint density at radius 1 is 1.45 bits per heavy atom. The molecule has 1 aliphatic heterocycles. The Kier molecular flexibility index (Phi) is 4.67. The zero-order valence-corrected chi connectivity index (χ0v) is 11.7. The Labute approximate surface area is 116 Å². The molecule has 0 radical (unpaired) electrons. The summed E-state index contributed by atoms with van der Waals surface area (Å²) < 4.78 is 4.83. The number of aromatic nitrogens is 3. The molecule has 0 spiro atoms. The molecule has 0 saturated carbocycles. The Morgan fingerprint density at radius 2 is 2.15 bits per heavy atom. The molecule has 0 aliphatic carbocycles. The number of ether oxygens (including phenoxy) is 1. The van der Waals surface area contributed by atoms with Gasteiger partial charge in [0, 0.05) is 26.2 Å². The van der Waals surface area contributed by atoms with Crippen LogP contribution in [0.3, 0.4) is 0 Å². The van der Waals surface area contributed by atoms with E-state index >= 15 is 0 Å². The number of carbonyl (C=O) groups is 2. The van der Waals surface area contributed by atoms with Gasteiger partial charge in [-0.25, -0.2) is 4.98 Å². The van der Waals surface area contributed by atoms with Crippen molar-refractivity contribution in [3.8, 4) is 0 Å². The van der Waals surface area contributed by atoms with Gasteiger partial charge in [-0.15, -0.1) is 5.10 Å². The number of aryl methyl sites for hydroxylation is 1. The first-order chi connectivity index (χ1) is 9.60. The van der Waals surface area contributed by atoms with Crippen molar-refractivity contribution >= 4 is 11.8 Å². The van der Waals surface area contributed by atoms with Crippen LogP contribution in [0.15, 0.2) is 0 Å². The van der Waals surface area contributed by atoms with E-state index in [0.717, 1.165) is 12.8 Å². The Morgan fingerprint density at radius 3 is 2.70 bits per heavy atom. The molecule has 1 aromatic rings. The highest BCUT2D eigenvalue weighted by Gasteiger charge is 2.24. The quantitative estimate of drug-likeness (QED) is 0.773. The maximum Gasteiger partial charge on any atom is 0.291 e. The summed E-state index contributed by atoms with van der Waals surface area (Å²) in [5.74, 6) is 0.466. The lowest BCUT2D eigenvalue weighted by Crippen LogP contribution is -2.47. The number of aromatic amines is 1. The normalized spacial score (nSPS) is 16.2. The van der Waals surface area contributed by atoms with Crippen LogP contribution in [-0.4, -0.2) is 64.7 Å². The fourth-order valence-electron chi connectivity index (χ4n) is 2.18. The van der Waals surface area contributed by atoms with Gasteiger partial charge in [0.05, 0.1) is 0 Å². The molecule has 2 N–H and O–H groups in total. The van der Waals surface area contributed by atoms with Gasteiger partial charge in [0.15, 0.2) is 0 Å². The molecular formula is C12H19N5O3. The number of hydrogen-bond acceptors (Lipinski definition) is 5. The average molecular weight is 281 g/mol. The first-order valence-electron chi connectivity index (χ1n) is 6.56. The number of nitrogens with one attached hydrogen (secondary N) is 2. The molecule has 0 atom stereocenters. The van der Waals surface area contributed by atoms with Crippen molar-refractivity contribution in [2.24, 2.45) is 0 Å². The molecule has 0 aromatic carbocycles. The smallest absolute Gasteiger partial charge is 0.291 e. The van der Waals surface area contributed by atoms with Crippen LogP contribution in [0.4, 0.5) is 0 Å². The third-order valence-corrected chi connectivity index (χ3v) is 3.25. The molecule has 1 aromatic heterocycles. The van der Waals surface area contributed by atoms with E-state index < -0.39 is 0 Å². The van der Waals surface area contributed by atoms with Crippen molar-refractivity contribution in [2.45, 2.75) is 25.8 Å². The van der Waals surface area contributed by atoms with Crippen molar-refractivity contribution in [3.05, 3.63) is 11.6 Å². The second kappa shape index (κ2) is 6.47. The summed E-state index contributed by atoms with van der Waals surface area (Å²) in [6.07, 6.45) is 1.45. The fraction of sp³-hybridized carbons (Fsp3) is 0.667. The van der Waals surface area contributed by atoms with Gasteiger partial charge in [-0.05, 0) is 19.8 Å². The predicted octanol–water partition coefficient (Wildman–Crippen LogP) is -0.520. The summed E-state index contributed by atoms with van der Waals surface area (Å²) in [5, 5.41) is 9.34. The van der Waals surface area contributed by atoms with Crippen molar-refractivity contribution in [1.82, 2.24) is 25.4 Å². The van der Waals surface area contributed by atoms with Crippen LogP contribution in [0.5, 0.6) is 0 Å². The summed E-state index contributed by atoms with van der Waals surface area (Å²) in [5.41, 5.74) is 0. The summed E-state index contributed by atoms with van der Waals surface area (Å²) in [6, 6.07) is 0.0490. The highest BCUT2D eigenvalue weighted by Crippen LogP contribution is 2.11. The Hall–Kier alpha value is -1.96. The van der Waals surface area contributed by atoms with Gasteiger partial charge in [-0.2, -0.15) is 0 Å². The van der Waals surface area contributed by atoms with Gasteiger partial charge in [-0.3, -0.25) is 14.7 Å². The third-order valence-electron chi connectivity index (χ3n) is 3.25. The van der Waals surface area contributed by atoms with Crippen LogP contribution < -0.4 is 5.32 Å². The van der Waals surface area contributed by atoms with Gasteiger partial charge >= 0.3 is 0 Å². The number of methoxy groups -OCH3 is 1. The SMILES string of the molecule is COCC(=O)N1CCC(NC(=O)c2n[nH]c(C)n2)CC1. The second-order valence-corrected chi connectivity index (χ2v) is 4.81. The number of amides is 2. The van der Waals surface area contributed by atoms with Crippen molar-refractivity contribution in [1.29, 1.82) is 0 Å². The molecule has 1 saturated heterocycles. The lowest BCUT2D eigenvalue weighted by Gasteiger charge is -2.32. The number of hydrogen-bond donors (Lipinski definition) is 2. The molecule has 8 heteroatoms. The number of rotatable bonds is 4. The van der Waals surface area contributed by atoms with Crippen LogP contribution in [0, 0.1) is 6.92 Å². The number of piperidine rings is 1. The minimum atomic E-state index is -0.281. The van der Waals surface area contributed by atoms with Crippen molar-refractivity contribution in [3.63, 3.8) is 0 Å². The van der Waals surface area contributed by atoms with E-state index in [4.69, 9.17) is 4.74 Å². The fourth-order valence-corrected chi connectivity index (χ4v) is 2.18. The van der Waals surface area contributed by atoms with Gasteiger partial charge in [0.1, 0.15) is 12.4 Å². The van der Waals surface area contributed by atoms with Gasteiger partial charge in [0.2, 0.25) is 11.7 Å². The number of nitrogens with zero attached hydrogens (tertiary/aromatic N) is 3. The highest BCUT2D eigenvalue weighted by atomic mass is 16.5. The molecule has 1 fully saturated rings. The zero-order chi connectivity index (χ0) is 14.5. The highest BCUT2D eigenvalue weighted by molar-refractivity contribution is 5.90. The van der Waals surface area contributed by atoms with E-state index in [1.165, 1.54) is 7.11 Å². The van der Waals surface area contributed by atoms with E-state index in [-0.39, 0.29) is 30.3 Å². The molecule has 0 unspecified atom stereocenters. The Balaban J connectivity index is 1.80. The van der Waals surface area contributed by atoms with Crippen molar-refractivity contribution < 1.29 is 14.3 Å². The van der Waals surface area contributed by atoms with Crippen LogP contribution in [0.1, 0.15) is 29.3 Å². The topological polar surface area (TPSA) is 100 Å². The number of carbonyl (C=O) groups excluding carboxylic acids is 2. The lowest BCUT2D eigenvalue weighted by molar-refractivity contribution is -0.136. The first-order valence-corrected chi connectivity index (χ1v) is 6.56. The monoisotopic (exact) mass is 281 g/mol. The Bertz CT molecular complexity index is 479. The van der Waals surface area contributed by atoms with E-state index in [2.05, 4.69) is 20.5 Å². The van der Waals surface area contributed by atoms with Crippen LogP contribution in [0.25, 0.3) is 0 Å². The predicted molar refractivity (Wildman–Crippen MR) is 70.1 cm³/mol. The van der Waals surface area contributed by atoms with E-state index in [9.17, 15) is 9.59 Å². The molecule has 110 valence electrons. The summed E-state index contributed by atoms with van der Waals surface area (Å²) in [7, 11) is 1.50. The minimum absolute atomic E-state index is 0.0122. The maximum absolute atomic E-state index is 11.9. The van der Waals surface area contributed by atoms with Crippen molar-refractivity contribution in [2.75, 3.05) is 26.8 Å². The van der Waals surface area contributed by atoms with Gasteiger partial charge < -0.3 is 15.0 Å². The number of likely N-dealkylation sites (tertiary alicyclic amines) is 1. The molecule has 2 amide bonds. The summed E-state index contributed by atoms with van der Waals surface area (Å²) in [6.45, 7) is 3.09. The lowest BCUT2D eigenvalue weighted by atomic mass is 10.0. The molecule has 20 heavy (non-hydrogen) atoms. The number of H-pyrrole nitrogens is 1. The van der Waals surface area contributed by atoms with E-state index in [1.807, 2.05) is 0 Å². The molecule has 8 nitrogen and oxygen atoms in total. The first kappa shape index (κ1) is 14.4. The summed E-state index contributed by atoms with van der Waals surface area (Å²) >= 11 is 0. The van der Waals surface area contributed by atoms with E-state index in [1.54, 1.807) is 11.8 Å². The molecule has 2 heterocycles. The largest absolute Gasteiger partial charge is 0.375 e. The minimum Gasteiger partial charge on any atom is -0.375 e.